The van der Waals surface area contributed by atoms with Crippen LogP contribution in [0, 0.1) is 3.57 Å². The van der Waals surface area contributed by atoms with E-state index in [0.717, 1.165) is 14.9 Å². The number of hydrogen-bond donors (Lipinski definition) is 2. The number of carbonyl (C=O) groups excluding carboxylic acids is 1. The van der Waals surface area contributed by atoms with Crippen LogP contribution in [0.25, 0.3) is 5.69 Å². The molecule has 1 aromatic heterocycles. The summed E-state index contributed by atoms with van der Waals surface area (Å²) in [7, 11) is 0. The largest absolute Gasteiger partial charge is 0.442 e. The van der Waals surface area contributed by atoms with Crippen molar-refractivity contribution in [3.8, 4) is 5.69 Å². The van der Waals surface area contributed by atoms with Crippen LogP contribution >= 0.6 is 34.4 Å². The van der Waals surface area contributed by atoms with Crippen molar-refractivity contribution in [2.75, 3.05) is 5.32 Å². The highest BCUT2D eigenvalue weighted by molar-refractivity contribution is 14.1. The van der Waals surface area contributed by atoms with Crippen LogP contribution in [0.1, 0.15) is 13.3 Å². The smallest absolute Gasteiger partial charge is 0.325 e. The molecule has 3 aromatic rings. The number of thioether (sulfide) groups is 1. The highest BCUT2D eigenvalue weighted by atomic mass is 127. The fraction of sp³-hybridized carbons (Fsp3) is 0.167. The van der Waals surface area contributed by atoms with Gasteiger partial charge in [0.1, 0.15) is 0 Å². The second-order valence-corrected chi connectivity index (χ2v) is 7.90. The van der Waals surface area contributed by atoms with Gasteiger partial charge in [0, 0.05) is 21.4 Å². The zero-order valence-corrected chi connectivity index (χ0v) is 16.9. The minimum atomic E-state index is -0.501. The number of H-pyrrole nitrogens is 1. The van der Waals surface area contributed by atoms with Gasteiger partial charge in [-0.15, -0.1) is 0 Å². The van der Waals surface area contributed by atoms with Crippen LogP contribution in [-0.4, -0.2) is 16.4 Å². The number of benzene rings is 2. The number of halogens is 1. The molecule has 1 atom stereocenters. The van der Waals surface area contributed by atoms with E-state index in [-0.39, 0.29) is 5.91 Å². The SMILES string of the molecule is CCC(Sc1c(=O)o[nH][n+]1-c1ccccc1)C(=O)Nc1ccc(I)cc1. The Kier molecular flexibility index (Phi) is 6.15. The topological polar surface area (TPSA) is 79.0 Å². The van der Waals surface area contributed by atoms with E-state index in [4.69, 9.17) is 4.52 Å². The van der Waals surface area contributed by atoms with Crippen molar-refractivity contribution in [3.05, 3.63) is 68.6 Å². The van der Waals surface area contributed by atoms with Crippen molar-refractivity contribution >= 4 is 45.9 Å². The molecule has 1 amide bonds. The third-order valence-electron chi connectivity index (χ3n) is 3.65. The van der Waals surface area contributed by atoms with Crippen LogP contribution in [0.15, 0.2) is 68.9 Å². The Morgan fingerprint density at radius 3 is 2.58 bits per heavy atom. The van der Waals surface area contributed by atoms with Crippen molar-refractivity contribution in [3.63, 3.8) is 0 Å². The first-order valence-electron chi connectivity index (χ1n) is 8.00. The monoisotopic (exact) mass is 482 g/mol. The number of hydrogen-bond acceptors (Lipinski definition) is 4. The molecular weight excluding hydrogens is 465 g/mol. The Balaban J connectivity index is 1.80. The van der Waals surface area contributed by atoms with E-state index >= 15 is 0 Å². The maximum absolute atomic E-state index is 12.6. The van der Waals surface area contributed by atoms with E-state index in [1.54, 1.807) is 4.68 Å². The van der Waals surface area contributed by atoms with Gasteiger partial charge in [0.15, 0.2) is 0 Å². The van der Waals surface area contributed by atoms with Gasteiger partial charge in [-0.1, -0.05) is 25.1 Å². The van der Waals surface area contributed by atoms with E-state index in [9.17, 15) is 9.59 Å². The van der Waals surface area contributed by atoms with E-state index < -0.39 is 10.9 Å². The highest BCUT2D eigenvalue weighted by Crippen LogP contribution is 2.23. The van der Waals surface area contributed by atoms with Crippen LogP contribution in [0.3, 0.4) is 0 Å². The van der Waals surface area contributed by atoms with E-state index in [0.29, 0.717) is 11.4 Å². The molecule has 0 spiro atoms. The quantitative estimate of drug-likeness (QED) is 0.321. The minimum absolute atomic E-state index is 0.154. The lowest BCUT2D eigenvalue weighted by atomic mass is 10.3. The number of para-hydroxylation sites is 1. The molecule has 3 rings (SSSR count). The zero-order valence-electron chi connectivity index (χ0n) is 13.9. The number of rotatable bonds is 6. The minimum Gasteiger partial charge on any atom is -0.325 e. The fourth-order valence-corrected chi connectivity index (χ4v) is 3.67. The Labute approximate surface area is 168 Å². The lowest BCUT2D eigenvalue weighted by molar-refractivity contribution is -0.704. The molecule has 0 saturated carbocycles. The summed E-state index contributed by atoms with van der Waals surface area (Å²) in [6.07, 6.45) is 0.570. The van der Waals surface area contributed by atoms with Crippen LogP contribution in [0.5, 0.6) is 0 Å². The summed E-state index contributed by atoms with van der Waals surface area (Å²) in [5.74, 6) is -0.154. The second kappa shape index (κ2) is 8.54. The molecule has 2 N–H and O–H groups in total. The van der Waals surface area contributed by atoms with Crippen molar-refractivity contribution < 1.29 is 14.0 Å². The van der Waals surface area contributed by atoms with Gasteiger partial charge < -0.3 is 5.32 Å². The molecule has 0 saturated heterocycles. The van der Waals surface area contributed by atoms with E-state index in [1.165, 1.54) is 11.8 Å². The molecule has 0 aliphatic carbocycles. The molecule has 6 nitrogen and oxygen atoms in total. The molecule has 1 heterocycles. The maximum atomic E-state index is 12.6. The van der Waals surface area contributed by atoms with Gasteiger partial charge in [-0.05, 0) is 75.0 Å². The van der Waals surface area contributed by atoms with E-state index in [1.807, 2.05) is 61.5 Å². The van der Waals surface area contributed by atoms with Crippen molar-refractivity contribution in [1.29, 1.82) is 0 Å². The highest BCUT2D eigenvalue weighted by Gasteiger charge is 2.30. The molecule has 1 unspecified atom stereocenters. The zero-order chi connectivity index (χ0) is 18.5. The molecule has 0 radical (unpaired) electrons. The maximum Gasteiger partial charge on any atom is 0.442 e. The number of amides is 1. The summed E-state index contributed by atoms with van der Waals surface area (Å²) in [6.45, 7) is 1.91. The third-order valence-corrected chi connectivity index (χ3v) is 5.77. The molecule has 0 fully saturated rings. The van der Waals surface area contributed by atoms with Crippen molar-refractivity contribution in [1.82, 2.24) is 5.27 Å². The van der Waals surface area contributed by atoms with Gasteiger partial charge in [0.25, 0.3) is 0 Å². The number of anilines is 1. The molecule has 26 heavy (non-hydrogen) atoms. The molecule has 0 bridgehead atoms. The molecule has 0 aliphatic heterocycles. The van der Waals surface area contributed by atoms with Gasteiger partial charge in [-0.2, -0.15) is 0 Å². The van der Waals surface area contributed by atoms with E-state index in [2.05, 4.69) is 33.2 Å². The van der Waals surface area contributed by atoms with Crippen molar-refractivity contribution in [2.24, 2.45) is 0 Å². The lowest BCUT2D eigenvalue weighted by Crippen LogP contribution is -2.37. The lowest BCUT2D eigenvalue weighted by Gasteiger charge is -2.12. The molecular formula is C18H17IN3O3S+. The van der Waals surface area contributed by atoms with Gasteiger partial charge in [0.2, 0.25) is 11.6 Å². The number of aromatic amines is 1. The fourth-order valence-electron chi connectivity index (χ4n) is 2.32. The summed E-state index contributed by atoms with van der Waals surface area (Å²) >= 11 is 3.40. The number of carbonyl (C=O) groups is 1. The number of aromatic nitrogens is 2. The van der Waals surface area contributed by atoms with Gasteiger partial charge >= 0.3 is 10.7 Å². The standard InChI is InChI=1S/C18H16IN3O3S/c1-2-15(16(23)20-13-10-8-12(19)9-11-13)26-17-18(24)25-21-22(17)14-6-4-3-5-7-14/h3-11,15H,2H2,1H3,(H-,20,21,23,24)/p+1. The summed E-state index contributed by atoms with van der Waals surface area (Å²) in [5.41, 5.74) is 0.986. The Morgan fingerprint density at radius 1 is 1.23 bits per heavy atom. The first kappa shape index (κ1) is 18.7. The number of nitrogens with one attached hydrogen (secondary N) is 2. The van der Waals surface area contributed by atoms with Crippen LogP contribution < -0.4 is 15.6 Å². The van der Waals surface area contributed by atoms with Crippen LogP contribution in [0.2, 0.25) is 0 Å². The summed E-state index contributed by atoms with van der Waals surface area (Å²) in [6, 6.07) is 16.9. The first-order valence-corrected chi connectivity index (χ1v) is 9.96. The van der Waals surface area contributed by atoms with Gasteiger partial charge in [0.05, 0.1) is 5.25 Å². The average molecular weight is 482 g/mol. The first-order chi connectivity index (χ1) is 12.6. The molecule has 8 heteroatoms. The van der Waals surface area contributed by atoms with Gasteiger partial charge in [-0.3, -0.25) is 9.32 Å². The Bertz CT molecular complexity index is 938. The van der Waals surface area contributed by atoms with Crippen LogP contribution in [-0.2, 0) is 4.79 Å². The van der Waals surface area contributed by atoms with Gasteiger partial charge in [-0.25, -0.2) is 4.79 Å². The third kappa shape index (κ3) is 4.36. The molecule has 2 aromatic carbocycles. The normalized spacial score (nSPS) is 11.9. The summed E-state index contributed by atoms with van der Waals surface area (Å²) < 4.78 is 7.58. The molecule has 0 aliphatic rings. The summed E-state index contributed by atoms with van der Waals surface area (Å²) in [4.78, 5) is 24.7. The van der Waals surface area contributed by atoms with Crippen molar-refractivity contribution in [2.45, 2.75) is 23.6 Å². The van der Waals surface area contributed by atoms with Crippen LogP contribution in [0.4, 0.5) is 5.69 Å². The Hall–Kier alpha value is -2.07. The summed E-state index contributed by atoms with van der Waals surface area (Å²) in [5, 5.41) is 5.39. The molecule has 134 valence electrons. The average Bonchev–Trinajstić information content (AvgIpc) is 3.02. The second-order valence-electron chi connectivity index (χ2n) is 5.47. The number of nitrogens with zero attached hydrogens (tertiary/aromatic N) is 1. The Morgan fingerprint density at radius 2 is 1.92 bits per heavy atom. The predicted octanol–water partition coefficient (Wildman–Crippen LogP) is 3.36. The predicted molar refractivity (Wildman–Crippen MR) is 109 cm³/mol.